The van der Waals surface area contributed by atoms with Crippen molar-refractivity contribution in [1.29, 1.82) is 0 Å². The average molecular weight is 246 g/mol. The lowest BCUT2D eigenvalue weighted by Gasteiger charge is -2.41. The smallest absolute Gasteiger partial charge is 0.158 e. The third kappa shape index (κ3) is 4.19. The van der Waals surface area contributed by atoms with Gasteiger partial charge in [-0.3, -0.25) is 4.90 Å². The van der Waals surface area contributed by atoms with Gasteiger partial charge >= 0.3 is 0 Å². The number of nitrogens with zero attached hydrogens (tertiary/aromatic N) is 1. The van der Waals surface area contributed by atoms with Crippen molar-refractivity contribution in [1.82, 2.24) is 4.90 Å². The van der Waals surface area contributed by atoms with Crippen LogP contribution in [0, 0.1) is 0 Å². The van der Waals surface area contributed by atoms with Crippen LogP contribution in [0.25, 0.3) is 0 Å². The molecule has 0 saturated carbocycles. The zero-order valence-electron chi connectivity index (χ0n) is 11.3. The molecule has 0 aromatic carbocycles. The Kier molecular flexibility index (Phi) is 6.37. The van der Waals surface area contributed by atoms with Gasteiger partial charge in [0.1, 0.15) is 0 Å². The molecule has 5 heteroatoms. The van der Waals surface area contributed by atoms with E-state index in [9.17, 15) is 0 Å². The fraction of sp³-hybridized carbons (Fsp3) is 1.00. The molecule has 5 nitrogen and oxygen atoms in total. The molecule has 102 valence electrons. The number of nitrogens with two attached hydrogens (primary N) is 1. The summed E-state index contributed by atoms with van der Waals surface area (Å²) in [5.74, 6) is 0. The van der Waals surface area contributed by atoms with Gasteiger partial charge in [-0.15, -0.1) is 0 Å². The highest BCUT2D eigenvalue weighted by molar-refractivity contribution is 4.89. The quantitative estimate of drug-likeness (QED) is 0.689. The van der Waals surface area contributed by atoms with Crippen LogP contribution in [0.2, 0.25) is 0 Å². The summed E-state index contributed by atoms with van der Waals surface area (Å²) in [7, 11) is 3.33. The van der Waals surface area contributed by atoms with Gasteiger partial charge in [-0.05, 0) is 13.3 Å². The zero-order chi connectivity index (χ0) is 12.7. The van der Waals surface area contributed by atoms with Crippen molar-refractivity contribution in [2.45, 2.75) is 31.6 Å². The molecule has 1 atom stereocenters. The third-order valence-electron chi connectivity index (χ3n) is 3.56. The molecule has 1 fully saturated rings. The van der Waals surface area contributed by atoms with E-state index in [2.05, 4.69) is 11.8 Å². The predicted octanol–water partition coefficient (Wildman–Crippen LogP) is 0.435. The minimum absolute atomic E-state index is 0.0929. The van der Waals surface area contributed by atoms with Crippen molar-refractivity contribution in [3.63, 3.8) is 0 Å². The number of ether oxygens (including phenoxy) is 3. The molecule has 0 bridgehead atoms. The Labute approximate surface area is 104 Å². The molecule has 1 heterocycles. The molecule has 2 N–H and O–H groups in total. The van der Waals surface area contributed by atoms with Gasteiger partial charge in [0.05, 0.1) is 6.61 Å². The summed E-state index contributed by atoms with van der Waals surface area (Å²) in [4.78, 5) is 2.39. The van der Waals surface area contributed by atoms with Crippen molar-refractivity contribution in [2.75, 3.05) is 47.1 Å². The summed E-state index contributed by atoms with van der Waals surface area (Å²) < 4.78 is 16.0. The molecule has 0 amide bonds. The molecule has 1 unspecified atom stereocenters. The second kappa shape index (κ2) is 7.28. The minimum atomic E-state index is -0.201. The normalized spacial score (nSPS) is 22.4. The molecule has 0 radical (unpaired) electrons. The van der Waals surface area contributed by atoms with Crippen LogP contribution in [0.15, 0.2) is 0 Å². The van der Waals surface area contributed by atoms with Crippen LogP contribution in [0.4, 0.5) is 0 Å². The average Bonchev–Trinajstić information content (AvgIpc) is 2.65. The Morgan fingerprint density at radius 2 is 2.00 bits per heavy atom. The molecule has 17 heavy (non-hydrogen) atoms. The first kappa shape index (κ1) is 14.9. The van der Waals surface area contributed by atoms with Crippen molar-refractivity contribution < 1.29 is 14.2 Å². The second-order valence-electron chi connectivity index (χ2n) is 4.76. The first-order valence-electron chi connectivity index (χ1n) is 6.24. The maximum absolute atomic E-state index is 5.95. The van der Waals surface area contributed by atoms with Crippen molar-refractivity contribution in [3.05, 3.63) is 0 Å². The largest absolute Gasteiger partial charge is 0.380 e. The van der Waals surface area contributed by atoms with E-state index in [1.165, 1.54) is 0 Å². The molecule has 0 aromatic rings. The highest BCUT2D eigenvalue weighted by Crippen LogP contribution is 2.23. The summed E-state index contributed by atoms with van der Waals surface area (Å²) >= 11 is 0. The van der Waals surface area contributed by atoms with E-state index < -0.39 is 0 Å². The first-order valence-corrected chi connectivity index (χ1v) is 6.24. The standard InChI is InChI=1S/C12H26N2O3/c1-12(10-13,9-11(15-2)16-3)14-5-4-7-17-8-6-14/h11H,4-10,13H2,1-3H3. The molecule has 1 aliphatic heterocycles. The summed E-state index contributed by atoms with van der Waals surface area (Å²) in [6.07, 6.45) is 1.63. The number of methoxy groups -OCH3 is 2. The lowest BCUT2D eigenvalue weighted by atomic mass is 9.94. The summed E-state index contributed by atoms with van der Waals surface area (Å²) in [6.45, 7) is 6.33. The fourth-order valence-electron chi connectivity index (χ4n) is 2.25. The van der Waals surface area contributed by atoms with Gasteiger partial charge in [-0.1, -0.05) is 0 Å². The minimum Gasteiger partial charge on any atom is -0.380 e. The first-order chi connectivity index (χ1) is 8.16. The van der Waals surface area contributed by atoms with Crippen LogP contribution >= 0.6 is 0 Å². The van der Waals surface area contributed by atoms with Gasteiger partial charge in [-0.2, -0.15) is 0 Å². The Balaban J connectivity index is 2.63. The number of rotatable bonds is 6. The van der Waals surface area contributed by atoms with Crippen LogP contribution in [0.5, 0.6) is 0 Å². The Bertz CT molecular complexity index is 204. The highest BCUT2D eigenvalue weighted by atomic mass is 16.7. The van der Waals surface area contributed by atoms with E-state index in [4.69, 9.17) is 19.9 Å². The summed E-state index contributed by atoms with van der Waals surface area (Å²) in [6, 6.07) is 0. The van der Waals surface area contributed by atoms with E-state index in [0.717, 1.165) is 39.1 Å². The maximum atomic E-state index is 5.95. The van der Waals surface area contributed by atoms with Crippen LogP contribution in [-0.4, -0.2) is 63.8 Å². The van der Waals surface area contributed by atoms with E-state index in [-0.39, 0.29) is 11.8 Å². The zero-order valence-corrected chi connectivity index (χ0v) is 11.3. The Morgan fingerprint density at radius 3 is 2.59 bits per heavy atom. The molecule has 1 aliphatic rings. The van der Waals surface area contributed by atoms with Crippen LogP contribution in [0.1, 0.15) is 19.8 Å². The van der Waals surface area contributed by atoms with Crippen molar-refractivity contribution in [3.8, 4) is 0 Å². The number of hydrogen-bond donors (Lipinski definition) is 1. The fourth-order valence-corrected chi connectivity index (χ4v) is 2.25. The second-order valence-corrected chi connectivity index (χ2v) is 4.76. The molecule has 1 rings (SSSR count). The van der Waals surface area contributed by atoms with E-state index >= 15 is 0 Å². The molecular weight excluding hydrogens is 220 g/mol. The SMILES string of the molecule is COC(CC(C)(CN)N1CCCOCC1)OC. The van der Waals surface area contributed by atoms with Gasteiger partial charge in [0.25, 0.3) is 0 Å². The molecule has 1 saturated heterocycles. The maximum Gasteiger partial charge on any atom is 0.158 e. The lowest BCUT2D eigenvalue weighted by Crippen LogP contribution is -2.54. The summed E-state index contributed by atoms with van der Waals surface area (Å²) in [5, 5.41) is 0. The molecule has 0 aromatic heterocycles. The van der Waals surface area contributed by atoms with Crippen LogP contribution < -0.4 is 5.73 Å². The lowest BCUT2D eigenvalue weighted by molar-refractivity contribution is -0.128. The monoisotopic (exact) mass is 246 g/mol. The van der Waals surface area contributed by atoms with Crippen LogP contribution in [-0.2, 0) is 14.2 Å². The van der Waals surface area contributed by atoms with Crippen molar-refractivity contribution in [2.24, 2.45) is 5.73 Å². The topological polar surface area (TPSA) is 57.0 Å². The van der Waals surface area contributed by atoms with Gasteiger partial charge in [0, 0.05) is 52.4 Å². The summed E-state index contributed by atoms with van der Waals surface area (Å²) in [5.41, 5.74) is 5.86. The molecular formula is C12H26N2O3. The molecule has 0 spiro atoms. The van der Waals surface area contributed by atoms with Crippen molar-refractivity contribution >= 4 is 0 Å². The third-order valence-corrected chi connectivity index (χ3v) is 3.56. The molecule has 0 aliphatic carbocycles. The van der Waals surface area contributed by atoms with Crippen LogP contribution in [0.3, 0.4) is 0 Å². The number of hydrogen-bond acceptors (Lipinski definition) is 5. The Hall–Kier alpha value is -0.200. The van der Waals surface area contributed by atoms with E-state index in [1.807, 2.05) is 0 Å². The van der Waals surface area contributed by atoms with Gasteiger partial charge in [0.15, 0.2) is 6.29 Å². The highest BCUT2D eigenvalue weighted by Gasteiger charge is 2.33. The van der Waals surface area contributed by atoms with E-state index in [1.54, 1.807) is 14.2 Å². The van der Waals surface area contributed by atoms with E-state index in [0.29, 0.717) is 6.54 Å². The Morgan fingerprint density at radius 1 is 1.29 bits per heavy atom. The van der Waals surface area contributed by atoms with Gasteiger partial charge in [-0.25, -0.2) is 0 Å². The van der Waals surface area contributed by atoms with Gasteiger partial charge < -0.3 is 19.9 Å². The van der Waals surface area contributed by atoms with Gasteiger partial charge in [0.2, 0.25) is 0 Å². The predicted molar refractivity (Wildman–Crippen MR) is 66.9 cm³/mol.